The van der Waals surface area contributed by atoms with E-state index in [2.05, 4.69) is 15.5 Å². The van der Waals surface area contributed by atoms with E-state index in [9.17, 15) is 9.18 Å². The maximum absolute atomic E-state index is 13.4. The van der Waals surface area contributed by atoms with Crippen molar-refractivity contribution in [3.05, 3.63) is 53.6 Å². The average molecular weight is 275 g/mol. The number of hydrogen-bond acceptors (Lipinski definition) is 2. The molecule has 0 fully saturated rings. The van der Waals surface area contributed by atoms with Crippen molar-refractivity contribution in [1.82, 2.24) is 15.5 Å². The second-order valence-electron chi connectivity index (χ2n) is 4.65. The van der Waals surface area contributed by atoms with E-state index in [4.69, 9.17) is 0 Å². The van der Waals surface area contributed by atoms with Crippen LogP contribution in [0.2, 0.25) is 0 Å². The minimum atomic E-state index is -0.182. The molecule has 2 aromatic rings. The third kappa shape index (κ3) is 4.50. The minimum Gasteiger partial charge on any atom is -0.356 e. The van der Waals surface area contributed by atoms with E-state index in [0.717, 1.165) is 12.0 Å². The SMILES string of the molecule is O=C(CCc1cn[nH]c1)NCCCc1ccccc1F. The van der Waals surface area contributed by atoms with Crippen LogP contribution in [0, 0.1) is 5.82 Å². The van der Waals surface area contributed by atoms with E-state index >= 15 is 0 Å². The van der Waals surface area contributed by atoms with Crippen molar-refractivity contribution in [2.75, 3.05) is 6.54 Å². The fraction of sp³-hybridized carbons (Fsp3) is 0.333. The molecule has 106 valence electrons. The van der Waals surface area contributed by atoms with Crippen molar-refractivity contribution in [3.8, 4) is 0 Å². The molecule has 1 heterocycles. The number of halogens is 1. The highest BCUT2D eigenvalue weighted by Crippen LogP contribution is 2.08. The summed E-state index contributed by atoms with van der Waals surface area (Å²) in [6, 6.07) is 6.73. The third-order valence-electron chi connectivity index (χ3n) is 3.10. The molecule has 0 saturated heterocycles. The lowest BCUT2D eigenvalue weighted by molar-refractivity contribution is -0.121. The Morgan fingerprint density at radius 2 is 2.15 bits per heavy atom. The Balaban J connectivity index is 1.61. The normalized spacial score (nSPS) is 10.4. The number of aromatic nitrogens is 2. The standard InChI is InChI=1S/C15H18FN3O/c16-14-6-2-1-4-13(14)5-3-9-17-15(20)8-7-12-10-18-19-11-12/h1-2,4,6,10-11H,3,5,7-9H2,(H,17,20)(H,18,19). The van der Waals surface area contributed by atoms with E-state index in [1.54, 1.807) is 24.5 Å². The van der Waals surface area contributed by atoms with Crippen LogP contribution in [0.4, 0.5) is 4.39 Å². The lowest BCUT2D eigenvalue weighted by Gasteiger charge is -2.05. The summed E-state index contributed by atoms with van der Waals surface area (Å²) < 4.78 is 13.4. The van der Waals surface area contributed by atoms with E-state index in [-0.39, 0.29) is 11.7 Å². The minimum absolute atomic E-state index is 0.0136. The fourth-order valence-corrected chi connectivity index (χ4v) is 1.97. The van der Waals surface area contributed by atoms with Crippen molar-refractivity contribution in [1.29, 1.82) is 0 Å². The molecule has 1 aromatic heterocycles. The third-order valence-corrected chi connectivity index (χ3v) is 3.10. The number of nitrogens with zero attached hydrogens (tertiary/aromatic N) is 1. The van der Waals surface area contributed by atoms with Gasteiger partial charge in [-0.1, -0.05) is 18.2 Å². The number of aromatic amines is 1. The summed E-state index contributed by atoms with van der Waals surface area (Å²) in [4.78, 5) is 11.6. The van der Waals surface area contributed by atoms with Gasteiger partial charge in [0.05, 0.1) is 6.20 Å². The number of amides is 1. The highest BCUT2D eigenvalue weighted by Gasteiger charge is 2.03. The van der Waals surface area contributed by atoms with Crippen LogP contribution in [0.25, 0.3) is 0 Å². The maximum Gasteiger partial charge on any atom is 0.220 e. The van der Waals surface area contributed by atoms with E-state index < -0.39 is 0 Å². The molecule has 0 aliphatic carbocycles. The lowest BCUT2D eigenvalue weighted by Crippen LogP contribution is -2.25. The number of carbonyl (C=O) groups is 1. The Hall–Kier alpha value is -2.17. The molecular formula is C15H18FN3O. The maximum atomic E-state index is 13.4. The molecule has 1 aromatic carbocycles. The summed E-state index contributed by atoms with van der Waals surface area (Å²) in [5, 5.41) is 9.38. The molecule has 5 heteroatoms. The molecule has 0 spiro atoms. The van der Waals surface area contributed by atoms with Crippen molar-refractivity contribution >= 4 is 5.91 Å². The van der Waals surface area contributed by atoms with Crippen molar-refractivity contribution in [2.24, 2.45) is 0 Å². The van der Waals surface area contributed by atoms with Gasteiger partial charge in [-0.2, -0.15) is 5.10 Å². The van der Waals surface area contributed by atoms with Gasteiger partial charge in [0.15, 0.2) is 0 Å². The van der Waals surface area contributed by atoms with Gasteiger partial charge in [0.2, 0.25) is 5.91 Å². The number of H-pyrrole nitrogens is 1. The molecule has 0 saturated carbocycles. The Morgan fingerprint density at radius 1 is 1.30 bits per heavy atom. The smallest absolute Gasteiger partial charge is 0.220 e. The van der Waals surface area contributed by atoms with E-state index in [1.807, 2.05) is 6.07 Å². The number of nitrogens with one attached hydrogen (secondary N) is 2. The highest BCUT2D eigenvalue weighted by atomic mass is 19.1. The zero-order chi connectivity index (χ0) is 14.2. The summed E-state index contributed by atoms with van der Waals surface area (Å²) in [5.41, 5.74) is 1.71. The van der Waals surface area contributed by atoms with Crippen LogP contribution < -0.4 is 5.32 Å². The molecule has 0 bridgehead atoms. The summed E-state index contributed by atoms with van der Waals surface area (Å²) in [7, 11) is 0. The molecular weight excluding hydrogens is 257 g/mol. The predicted molar refractivity (Wildman–Crippen MR) is 74.6 cm³/mol. The number of benzene rings is 1. The van der Waals surface area contributed by atoms with E-state index in [0.29, 0.717) is 31.4 Å². The number of hydrogen-bond donors (Lipinski definition) is 2. The molecule has 0 atom stereocenters. The molecule has 0 aliphatic heterocycles. The lowest BCUT2D eigenvalue weighted by atomic mass is 10.1. The van der Waals surface area contributed by atoms with Gasteiger partial charge in [0, 0.05) is 19.2 Å². The zero-order valence-electron chi connectivity index (χ0n) is 11.2. The number of carbonyl (C=O) groups excluding carboxylic acids is 1. The van der Waals surface area contributed by atoms with Crippen LogP contribution in [0.3, 0.4) is 0 Å². The molecule has 20 heavy (non-hydrogen) atoms. The van der Waals surface area contributed by atoms with Crippen LogP contribution in [0.1, 0.15) is 24.0 Å². The molecule has 0 unspecified atom stereocenters. The number of aryl methyl sites for hydroxylation is 2. The van der Waals surface area contributed by atoms with Gasteiger partial charge in [-0.05, 0) is 36.5 Å². The van der Waals surface area contributed by atoms with Crippen LogP contribution in [-0.2, 0) is 17.6 Å². The Bertz CT molecular complexity index is 540. The monoisotopic (exact) mass is 275 g/mol. The van der Waals surface area contributed by atoms with E-state index in [1.165, 1.54) is 6.07 Å². The van der Waals surface area contributed by atoms with Crippen LogP contribution >= 0.6 is 0 Å². The van der Waals surface area contributed by atoms with Gasteiger partial charge in [-0.15, -0.1) is 0 Å². The summed E-state index contributed by atoms with van der Waals surface area (Å²) in [6.07, 6.45) is 5.98. The highest BCUT2D eigenvalue weighted by molar-refractivity contribution is 5.76. The number of rotatable bonds is 7. The first-order valence-corrected chi connectivity index (χ1v) is 6.73. The zero-order valence-corrected chi connectivity index (χ0v) is 11.2. The van der Waals surface area contributed by atoms with Crippen molar-refractivity contribution < 1.29 is 9.18 Å². The van der Waals surface area contributed by atoms with Crippen molar-refractivity contribution in [3.63, 3.8) is 0 Å². The Labute approximate surface area is 117 Å². The summed E-state index contributed by atoms with van der Waals surface area (Å²) >= 11 is 0. The second-order valence-corrected chi connectivity index (χ2v) is 4.65. The van der Waals surface area contributed by atoms with Crippen LogP contribution in [0.15, 0.2) is 36.7 Å². The summed E-state index contributed by atoms with van der Waals surface area (Å²) in [6.45, 7) is 0.568. The first-order valence-electron chi connectivity index (χ1n) is 6.73. The molecule has 2 N–H and O–H groups in total. The molecule has 4 nitrogen and oxygen atoms in total. The topological polar surface area (TPSA) is 57.8 Å². The Morgan fingerprint density at radius 3 is 2.90 bits per heavy atom. The van der Waals surface area contributed by atoms with Gasteiger partial charge in [0.1, 0.15) is 5.82 Å². The van der Waals surface area contributed by atoms with Crippen LogP contribution in [0.5, 0.6) is 0 Å². The van der Waals surface area contributed by atoms with Gasteiger partial charge >= 0.3 is 0 Å². The largest absolute Gasteiger partial charge is 0.356 e. The molecule has 0 aliphatic rings. The second kappa shape index (κ2) is 7.43. The fourth-order valence-electron chi connectivity index (χ4n) is 1.97. The van der Waals surface area contributed by atoms with Gasteiger partial charge in [-0.25, -0.2) is 4.39 Å². The van der Waals surface area contributed by atoms with Gasteiger partial charge in [-0.3, -0.25) is 9.89 Å². The average Bonchev–Trinajstić information content (AvgIpc) is 2.96. The summed E-state index contributed by atoms with van der Waals surface area (Å²) in [5.74, 6) is -0.168. The molecule has 2 rings (SSSR count). The predicted octanol–water partition coefficient (Wildman–Crippen LogP) is 2.23. The molecule has 0 radical (unpaired) electrons. The van der Waals surface area contributed by atoms with Gasteiger partial charge < -0.3 is 5.32 Å². The van der Waals surface area contributed by atoms with Gasteiger partial charge in [0.25, 0.3) is 0 Å². The Kier molecular flexibility index (Phi) is 5.29. The first-order chi connectivity index (χ1) is 9.75. The first kappa shape index (κ1) is 14.2. The van der Waals surface area contributed by atoms with Crippen LogP contribution in [-0.4, -0.2) is 22.6 Å². The quantitative estimate of drug-likeness (QED) is 0.761. The molecule has 1 amide bonds. The van der Waals surface area contributed by atoms with Crippen molar-refractivity contribution in [2.45, 2.75) is 25.7 Å².